The van der Waals surface area contributed by atoms with Crippen molar-refractivity contribution in [2.45, 2.75) is 20.4 Å². The molecule has 2 atom stereocenters. The lowest BCUT2D eigenvalue weighted by molar-refractivity contribution is -0.143. The van der Waals surface area contributed by atoms with E-state index in [9.17, 15) is 9.59 Å². The SMILES string of the molecule is CC1(C)C2C(=O)N(Cc3cc4nccc(Cl)c4s3)C(=O)C21. The molecule has 0 N–H and O–H groups in total. The number of pyridine rings is 1. The smallest absolute Gasteiger partial charge is 0.234 e. The lowest BCUT2D eigenvalue weighted by Gasteiger charge is -2.19. The molecule has 1 aliphatic heterocycles. The van der Waals surface area contributed by atoms with Crippen LogP contribution in [-0.4, -0.2) is 21.7 Å². The average Bonchev–Trinajstić information content (AvgIpc) is 2.71. The van der Waals surface area contributed by atoms with Gasteiger partial charge in [0.1, 0.15) is 0 Å². The Morgan fingerprint density at radius 3 is 2.62 bits per heavy atom. The van der Waals surface area contributed by atoms with Crippen LogP contribution < -0.4 is 0 Å². The van der Waals surface area contributed by atoms with Crippen molar-refractivity contribution < 1.29 is 9.59 Å². The zero-order chi connectivity index (χ0) is 14.9. The molecule has 3 heterocycles. The molecule has 1 aliphatic carbocycles. The number of carbonyl (C=O) groups excluding carboxylic acids is 2. The fourth-order valence-electron chi connectivity index (χ4n) is 3.35. The lowest BCUT2D eigenvalue weighted by atomic mass is 10.1. The number of hydrogen-bond donors (Lipinski definition) is 0. The van der Waals surface area contributed by atoms with E-state index in [1.807, 2.05) is 19.9 Å². The number of halogens is 1. The second-order valence-corrected chi connectivity index (χ2v) is 7.80. The molecule has 2 amide bonds. The van der Waals surface area contributed by atoms with Crippen LogP contribution in [0.4, 0.5) is 0 Å². The Bertz CT molecular complexity index is 774. The Hall–Kier alpha value is -1.46. The number of rotatable bonds is 2. The van der Waals surface area contributed by atoms with Gasteiger partial charge in [0.25, 0.3) is 0 Å². The maximum absolute atomic E-state index is 12.3. The fraction of sp³-hybridized carbons (Fsp3) is 0.400. The van der Waals surface area contributed by atoms with Gasteiger partial charge < -0.3 is 0 Å². The first-order chi connectivity index (χ1) is 9.91. The van der Waals surface area contributed by atoms with Crippen molar-refractivity contribution in [1.29, 1.82) is 0 Å². The first kappa shape index (κ1) is 13.2. The van der Waals surface area contributed by atoms with Gasteiger partial charge in [0, 0.05) is 11.1 Å². The molecule has 4 nitrogen and oxygen atoms in total. The molecule has 0 bridgehead atoms. The van der Waals surface area contributed by atoms with Crippen LogP contribution in [0.1, 0.15) is 18.7 Å². The van der Waals surface area contributed by atoms with Crippen molar-refractivity contribution >= 4 is 45.0 Å². The van der Waals surface area contributed by atoms with E-state index in [-0.39, 0.29) is 29.1 Å². The van der Waals surface area contributed by atoms with Gasteiger partial charge in [-0.25, -0.2) is 0 Å². The van der Waals surface area contributed by atoms with E-state index < -0.39 is 0 Å². The number of nitrogens with zero attached hydrogens (tertiary/aromatic N) is 2. The van der Waals surface area contributed by atoms with Crippen molar-refractivity contribution in [3.05, 3.63) is 28.2 Å². The van der Waals surface area contributed by atoms with Gasteiger partial charge >= 0.3 is 0 Å². The summed E-state index contributed by atoms with van der Waals surface area (Å²) in [6, 6.07) is 3.65. The molecule has 2 aliphatic rings. The van der Waals surface area contributed by atoms with E-state index in [1.165, 1.54) is 16.2 Å². The molecule has 0 aromatic carbocycles. The molecule has 1 saturated heterocycles. The highest BCUT2D eigenvalue weighted by atomic mass is 35.5. The summed E-state index contributed by atoms with van der Waals surface area (Å²) in [7, 11) is 0. The van der Waals surface area contributed by atoms with E-state index in [0.717, 1.165) is 15.1 Å². The molecule has 4 rings (SSSR count). The third-order valence-corrected chi connectivity index (χ3v) is 6.19. The van der Waals surface area contributed by atoms with Crippen LogP contribution in [0.5, 0.6) is 0 Å². The van der Waals surface area contributed by atoms with Gasteiger partial charge in [-0.05, 0) is 17.5 Å². The number of imide groups is 1. The Kier molecular flexibility index (Phi) is 2.55. The third kappa shape index (κ3) is 1.71. The largest absolute Gasteiger partial charge is 0.277 e. The minimum atomic E-state index is -0.157. The second kappa shape index (κ2) is 4.05. The van der Waals surface area contributed by atoms with Crippen LogP contribution in [0, 0.1) is 17.3 Å². The second-order valence-electron chi connectivity index (χ2n) is 6.26. The topological polar surface area (TPSA) is 50.3 Å². The molecule has 0 spiro atoms. The minimum Gasteiger partial charge on any atom is -0.277 e. The first-order valence-electron chi connectivity index (χ1n) is 6.79. The predicted octanol–water partition coefficient (Wildman–Crippen LogP) is 3.09. The monoisotopic (exact) mass is 320 g/mol. The molecule has 1 saturated carbocycles. The summed E-state index contributed by atoms with van der Waals surface area (Å²) in [5.41, 5.74) is 0.655. The first-order valence-corrected chi connectivity index (χ1v) is 7.99. The Labute approximate surface area is 130 Å². The van der Waals surface area contributed by atoms with E-state index in [1.54, 1.807) is 12.3 Å². The Balaban J connectivity index is 1.63. The van der Waals surface area contributed by atoms with Crippen molar-refractivity contribution in [3.63, 3.8) is 0 Å². The molecule has 108 valence electrons. The summed E-state index contributed by atoms with van der Waals surface area (Å²) in [6.45, 7) is 4.30. The third-order valence-electron chi connectivity index (χ3n) is 4.62. The van der Waals surface area contributed by atoms with Crippen LogP contribution >= 0.6 is 22.9 Å². The number of aromatic nitrogens is 1. The highest BCUT2D eigenvalue weighted by Crippen LogP contribution is 2.63. The average molecular weight is 321 g/mol. The number of piperidine rings is 1. The van der Waals surface area contributed by atoms with E-state index >= 15 is 0 Å². The predicted molar refractivity (Wildman–Crippen MR) is 80.9 cm³/mol. The molecule has 2 aromatic heterocycles. The molecular weight excluding hydrogens is 308 g/mol. The minimum absolute atomic E-state index is 0.0356. The molecule has 2 aromatic rings. The van der Waals surface area contributed by atoms with Gasteiger partial charge in [0.05, 0.1) is 33.6 Å². The molecular formula is C15H13ClN2O2S. The molecule has 0 radical (unpaired) electrons. The van der Waals surface area contributed by atoms with Crippen molar-refractivity contribution in [3.8, 4) is 0 Å². The van der Waals surface area contributed by atoms with Gasteiger partial charge in [-0.3, -0.25) is 19.5 Å². The number of hydrogen-bond acceptors (Lipinski definition) is 4. The van der Waals surface area contributed by atoms with Gasteiger partial charge in [-0.15, -0.1) is 11.3 Å². The summed E-state index contributed by atoms with van der Waals surface area (Å²) in [6.07, 6.45) is 1.66. The molecule has 2 unspecified atom stereocenters. The normalized spacial score (nSPS) is 26.5. The number of fused-ring (bicyclic) bond motifs is 2. The summed E-state index contributed by atoms with van der Waals surface area (Å²) in [5.74, 6) is -0.319. The maximum Gasteiger partial charge on any atom is 0.234 e. The maximum atomic E-state index is 12.3. The van der Waals surface area contributed by atoms with Crippen LogP contribution in [0.2, 0.25) is 5.02 Å². The van der Waals surface area contributed by atoms with Gasteiger partial charge in [0.2, 0.25) is 11.8 Å². The quantitative estimate of drug-likeness (QED) is 0.799. The number of amides is 2. The van der Waals surface area contributed by atoms with Gasteiger partial charge in [-0.1, -0.05) is 25.4 Å². The zero-order valence-electron chi connectivity index (χ0n) is 11.6. The highest BCUT2D eigenvalue weighted by molar-refractivity contribution is 7.19. The molecule has 2 fully saturated rings. The summed E-state index contributed by atoms with van der Waals surface area (Å²) < 4.78 is 0.902. The van der Waals surface area contributed by atoms with E-state index in [2.05, 4.69) is 4.98 Å². The van der Waals surface area contributed by atoms with Gasteiger partial charge in [0.15, 0.2) is 0 Å². The van der Waals surface area contributed by atoms with E-state index in [0.29, 0.717) is 11.6 Å². The Morgan fingerprint density at radius 1 is 1.33 bits per heavy atom. The van der Waals surface area contributed by atoms with Crippen LogP contribution in [0.25, 0.3) is 10.2 Å². The van der Waals surface area contributed by atoms with Crippen LogP contribution in [0.3, 0.4) is 0 Å². The summed E-state index contributed by atoms with van der Waals surface area (Å²) >= 11 is 7.63. The summed E-state index contributed by atoms with van der Waals surface area (Å²) in [4.78, 5) is 31.2. The number of likely N-dealkylation sites (tertiary alicyclic amines) is 1. The van der Waals surface area contributed by atoms with Crippen molar-refractivity contribution in [2.75, 3.05) is 0 Å². The fourth-order valence-corrected chi connectivity index (χ4v) is 4.63. The van der Waals surface area contributed by atoms with Crippen molar-refractivity contribution in [2.24, 2.45) is 17.3 Å². The van der Waals surface area contributed by atoms with Crippen LogP contribution in [-0.2, 0) is 16.1 Å². The number of thiophene rings is 1. The van der Waals surface area contributed by atoms with Gasteiger partial charge in [-0.2, -0.15) is 0 Å². The highest BCUT2D eigenvalue weighted by Gasteiger charge is 2.72. The number of carbonyl (C=O) groups is 2. The van der Waals surface area contributed by atoms with Crippen molar-refractivity contribution in [1.82, 2.24) is 9.88 Å². The zero-order valence-corrected chi connectivity index (χ0v) is 13.2. The molecule has 21 heavy (non-hydrogen) atoms. The lowest BCUT2D eigenvalue weighted by Crippen LogP contribution is -2.35. The molecule has 6 heteroatoms. The van der Waals surface area contributed by atoms with E-state index in [4.69, 9.17) is 11.6 Å². The van der Waals surface area contributed by atoms with Crippen LogP contribution in [0.15, 0.2) is 18.3 Å². The standard InChI is InChI=1S/C15H13ClN2O2S/c1-15(2)10-11(15)14(20)18(13(10)19)6-7-5-9-12(21-7)8(16)3-4-17-9/h3-5,10-11H,6H2,1-2H3. The Morgan fingerprint density at radius 2 is 2.00 bits per heavy atom. The summed E-state index contributed by atoms with van der Waals surface area (Å²) in [5, 5.41) is 0.652.